The summed E-state index contributed by atoms with van der Waals surface area (Å²) in [6.45, 7) is 2.13. The van der Waals surface area contributed by atoms with E-state index in [1.807, 2.05) is 10.7 Å². The van der Waals surface area contributed by atoms with E-state index in [2.05, 4.69) is 17.3 Å². The number of hydrogen-bond donors (Lipinski definition) is 1. The summed E-state index contributed by atoms with van der Waals surface area (Å²) >= 11 is 0. The maximum Gasteiger partial charge on any atom is 0.228 e. The smallest absolute Gasteiger partial charge is 0.228 e. The van der Waals surface area contributed by atoms with E-state index in [1.54, 1.807) is 6.20 Å². The number of aromatic nitrogens is 2. The highest BCUT2D eigenvalue weighted by Crippen LogP contribution is 2.38. The molecule has 2 atom stereocenters. The number of anilines is 1. The Balaban J connectivity index is 1.68. The highest BCUT2D eigenvalue weighted by molar-refractivity contribution is 5.93. The average Bonchev–Trinajstić information content (AvgIpc) is 2.95. The Morgan fingerprint density at radius 3 is 2.78 bits per heavy atom. The van der Waals surface area contributed by atoms with Crippen LogP contribution in [0.15, 0.2) is 12.3 Å². The highest BCUT2D eigenvalue weighted by Gasteiger charge is 2.39. The van der Waals surface area contributed by atoms with Gasteiger partial charge in [-0.25, -0.2) is 4.68 Å². The molecule has 2 aliphatic carbocycles. The van der Waals surface area contributed by atoms with Gasteiger partial charge in [-0.2, -0.15) is 5.10 Å². The van der Waals surface area contributed by atoms with Gasteiger partial charge < -0.3 is 5.32 Å². The summed E-state index contributed by atoms with van der Waals surface area (Å²) < 4.78 is 2.02. The number of nitrogens with zero attached hydrogens (tertiary/aromatic N) is 2. The first-order valence-electron chi connectivity index (χ1n) is 7.10. The Bertz CT molecular complexity index is 434. The molecule has 2 unspecified atom stereocenters. The first kappa shape index (κ1) is 11.8. The second-order valence-corrected chi connectivity index (χ2v) is 5.76. The van der Waals surface area contributed by atoms with E-state index in [4.69, 9.17) is 0 Å². The van der Waals surface area contributed by atoms with E-state index < -0.39 is 0 Å². The lowest BCUT2D eigenvalue weighted by Crippen LogP contribution is -2.21. The number of nitrogens with one attached hydrogen (secondary N) is 1. The van der Waals surface area contributed by atoms with Gasteiger partial charge in [0.05, 0.1) is 12.2 Å². The molecule has 1 aromatic rings. The third-order valence-electron chi connectivity index (χ3n) is 4.29. The molecule has 0 bridgehead atoms. The van der Waals surface area contributed by atoms with Crippen LogP contribution in [0.25, 0.3) is 0 Å². The number of carbonyl (C=O) groups excluding carboxylic acids is 1. The second kappa shape index (κ2) is 4.75. The molecule has 2 saturated carbocycles. The summed E-state index contributed by atoms with van der Waals surface area (Å²) in [7, 11) is 0. The van der Waals surface area contributed by atoms with Crippen LogP contribution in [-0.2, 0) is 4.79 Å². The van der Waals surface area contributed by atoms with E-state index in [1.165, 1.54) is 32.1 Å². The molecule has 2 aliphatic rings. The van der Waals surface area contributed by atoms with Crippen LogP contribution in [0.3, 0.4) is 0 Å². The van der Waals surface area contributed by atoms with Gasteiger partial charge in [0.1, 0.15) is 5.82 Å². The molecule has 18 heavy (non-hydrogen) atoms. The molecule has 3 rings (SSSR count). The Morgan fingerprint density at radius 1 is 1.39 bits per heavy atom. The molecule has 2 fully saturated rings. The summed E-state index contributed by atoms with van der Waals surface area (Å²) in [4.78, 5) is 12.0. The van der Waals surface area contributed by atoms with Crippen LogP contribution in [0.5, 0.6) is 0 Å². The lowest BCUT2D eigenvalue weighted by molar-refractivity contribution is -0.117. The van der Waals surface area contributed by atoms with E-state index in [9.17, 15) is 4.79 Å². The molecular formula is C14H21N3O. The van der Waals surface area contributed by atoms with Crippen LogP contribution in [0, 0.1) is 11.8 Å². The highest BCUT2D eigenvalue weighted by atomic mass is 16.2. The number of rotatable bonds is 3. The van der Waals surface area contributed by atoms with Gasteiger partial charge in [0, 0.05) is 12.0 Å². The second-order valence-electron chi connectivity index (χ2n) is 5.76. The van der Waals surface area contributed by atoms with E-state index in [-0.39, 0.29) is 11.8 Å². The fourth-order valence-electron chi connectivity index (χ4n) is 2.94. The van der Waals surface area contributed by atoms with E-state index >= 15 is 0 Å². The van der Waals surface area contributed by atoms with Crippen LogP contribution < -0.4 is 5.32 Å². The molecule has 4 nitrogen and oxygen atoms in total. The molecule has 1 heterocycles. The van der Waals surface area contributed by atoms with Crippen LogP contribution in [0.4, 0.5) is 5.82 Å². The van der Waals surface area contributed by atoms with E-state index in [0.29, 0.717) is 12.0 Å². The third-order valence-corrected chi connectivity index (χ3v) is 4.29. The van der Waals surface area contributed by atoms with Crippen LogP contribution in [0.1, 0.15) is 51.5 Å². The van der Waals surface area contributed by atoms with Crippen molar-refractivity contribution < 1.29 is 4.79 Å². The summed E-state index contributed by atoms with van der Waals surface area (Å²) in [5.74, 6) is 1.82. The lowest BCUT2D eigenvalue weighted by atomic mass is 9.96. The number of amides is 1. The zero-order chi connectivity index (χ0) is 12.5. The standard InChI is InChI=1S/C14H21N3O/c1-10-9-12(10)14(18)16-13-7-8-15-17(13)11-5-3-2-4-6-11/h7-8,10-12H,2-6,9H2,1H3,(H,16,18). The van der Waals surface area contributed by atoms with Crippen LogP contribution >= 0.6 is 0 Å². The van der Waals surface area contributed by atoms with Gasteiger partial charge >= 0.3 is 0 Å². The monoisotopic (exact) mass is 247 g/mol. The maximum absolute atomic E-state index is 12.0. The van der Waals surface area contributed by atoms with Crippen LogP contribution in [-0.4, -0.2) is 15.7 Å². The lowest BCUT2D eigenvalue weighted by Gasteiger charge is -2.23. The molecule has 98 valence electrons. The summed E-state index contributed by atoms with van der Waals surface area (Å²) in [5.41, 5.74) is 0. The van der Waals surface area contributed by atoms with Crippen molar-refractivity contribution in [2.75, 3.05) is 5.32 Å². The Labute approximate surface area is 108 Å². The average molecular weight is 247 g/mol. The zero-order valence-corrected chi connectivity index (χ0v) is 10.9. The zero-order valence-electron chi connectivity index (χ0n) is 10.9. The predicted octanol–water partition coefficient (Wildman–Crippen LogP) is 2.98. The van der Waals surface area contributed by atoms with Crippen molar-refractivity contribution >= 4 is 11.7 Å². The minimum Gasteiger partial charge on any atom is -0.311 e. The predicted molar refractivity (Wildman–Crippen MR) is 70.2 cm³/mol. The van der Waals surface area contributed by atoms with Gasteiger partial charge in [-0.15, -0.1) is 0 Å². The fraction of sp³-hybridized carbons (Fsp3) is 0.714. The molecule has 0 aliphatic heterocycles. The van der Waals surface area contributed by atoms with Crippen molar-refractivity contribution in [3.05, 3.63) is 12.3 Å². The SMILES string of the molecule is CC1CC1C(=O)Nc1ccnn1C1CCCCC1. The minimum absolute atomic E-state index is 0.167. The van der Waals surface area contributed by atoms with Gasteiger partial charge in [0.15, 0.2) is 0 Å². The molecule has 0 radical (unpaired) electrons. The topological polar surface area (TPSA) is 46.9 Å². The third kappa shape index (κ3) is 2.28. The molecule has 1 amide bonds. The van der Waals surface area contributed by atoms with Crippen molar-refractivity contribution in [2.24, 2.45) is 11.8 Å². The Morgan fingerprint density at radius 2 is 2.11 bits per heavy atom. The van der Waals surface area contributed by atoms with Crippen molar-refractivity contribution in [3.8, 4) is 0 Å². The Kier molecular flexibility index (Phi) is 3.10. The first-order valence-corrected chi connectivity index (χ1v) is 7.10. The summed E-state index contributed by atoms with van der Waals surface area (Å²) in [5, 5.41) is 7.44. The molecule has 4 heteroatoms. The molecule has 0 spiro atoms. The molecule has 1 aromatic heterocycles. The van der Waals surface area contributed by atoms with Crippen molar-refractivity contribution in [3.63, 3.8) is 0 Å². The van der Waals surface area contributed by atoms with Gasteiger partial charge in [-0.05, 0) is 25.2 Å². The summed E-state index contributed by atoms with van der Waals surface area (Å²) in [6, 6.07) is 2.39. The van der Waals surface area contributed by atoms with Crippen molar-refractivity contribution in [1.82, 2.24) is 9.78 Å². The molecule has 0 saturated heterocycles. The normalized spacial score (nSPS) is 28.1. The largest absolute Gasteiger partial charge is 0.311 e. The van der Waals surface area contributed by atoms with Crippen molar-refractivity contribution in [2.45, 2.75) is 51.5 Å². The van der Waals surface area contributed by atoms with Gasteiger partial charge in [0.25, 0.3) is 0 Å². The quantitative estimate of drug-likeness (QED) is 0.892. The Hall–Kier alpha value is -1.32. The van der Waals surface area contributed by atoms with Crippen LogP contribution in [0.2, 0.25) is 0 Å². The van der Waals surface area contributed by atoms with E-state index in [0.717, 1.165) is 12.2 Å². The van der Waals surface area contributed by atoms with Gasteiger partial charge in [0.2, 0.25) is 5.91 Å². The molecule has 0 aromatic carbocycles. The minimum atomic E-state index is 0.167. The molecular weight excluding hydrogens is 226 g/mol. The summed E-state index contributed by atoms with van der Waals surface area (Å²) in [6.07, 6.45) is 9.08. The van der Waals surface area contributed by atoms with Gasteiger partial charge in [-0.1, -0.05) is 26.2 Å². The maximum atomic E-state index is 12.0. The number of carbonyl (C=O) groups is 1. The van der Waals surface area contributed by atoms with Crippen molar-refractivity contribution in [1.29, 1.82) is 0 Å². The first-order chi connectivity index (χ1) is 8.75. The molecule has 1 N–H and O–H groups in total. The number of hydrogen-bond acceptors (Lipinski definition) is 2. The van der Waals surface area contributed by atoms with Gasteiger partial charge in [-0.3, -0.25) is 4.79 Å². The fourth-order valence-corrected chi connectivity index (χ4v) is 2.94.